The third-order valence-corrected chi connectivity index (χ3v) is 5.17. The van der Waals surface area contributed by atoms with E-state index >= 15 is 0 Å². The first-order chi connectivity index (χ1) is 8.94. The van der Waals surface area contributed by atoms with Crippen LogP contribution in [0, 0.1) is 13.8 Å². The van der Waals surface area contributed by atoms with Gasteiger partial charge in [-0.25, -0.2) is 8.42 Å². The summed E-state index contributed by atoms with van der Waals surface area (Å²) in [5, 5.41) is 3.58. The lowest BCUT2D eigenvalue weighted by atomic mass is 10.1. The predicted molar refractivity (Wildman–Crippen MR) is 78.9 cm³/mol. The highest BCUT2D eigenvalue weighted by Gasteiger charge is 2.19. The Balaban J connectivity index is 2.48. The van der Waals surface area contributed by atoms with Crippen LogP contribution in [0.1, 0.15) is 16.7 Å². The Morgan fingerprint density at radius 2 is 2.05 bits per heavy atom. The van der Waals surface area contributed by atoms with E-state index in [-0.39, 0.29) is 0 Å². The Hall–Kier alpha value is -1.37. The minimum Gasteiger partial charge on any atom is -0.326 e. The van der Waals surface area contributed by atoms with Gasteiger partial charge in [-0.2, -0.15) is 11.3 Å². The Kier molecular flexibility index (Phi) is 3.93. The third-order valence-electron chi connectivity index (χ3n) is 2.98. The number of aryl methyl sites for hydroxylation is 1. The van der Waals surface area contributed by atoms with Gasteiger partial charge in [-0.05, 0) is 48.1 Å². The summed E-state index contributed by atoms with van der Waals surface area (Å²) < 4.78 is 27.4. The number of hydrogen-bond acceptors (Lipinski definition) is 4. The monoisotopic (exact) mass is 296 g/mol. The van der Waals surface area contributed by atoms with Gasteiger partial charge in [-0.3, -0.25) is 4.72 Å². The Labute approximate surface area is 117 Å². The highest BCUT2D eigenvalue weighted by Crippen LogP contribution is 2.24. The lowest BCUT2D eigenvalue weighted by molar-refractivity contribution is 0.600. The zero-order valence-electron chi connectivity index (χ0n) is 10.8. The fourth-order valence-electron chi connectivity index (χ4n) is 1.83. The molecule has 3 N–H and O–H groups in total. The highest BCUT2D eigenvalue weighted by molar-refractivity contribution is 7.92. The van der Waals surface area contributed by atoms with Gasteiger partial charge in [0.05, 0.1) is 10.6 Å². The number of nitrogens with one attached hydrogen (secondary N) is 1. The number of anilines is 1. The summed E-state index contributed by atoms with van der Waals surface area (Å²) in [6.45, 7) is 4.01. The molecule has 0 saturated carbocycles. The molecule has 1 heterocycles. The van der Waals surface area contributed by atoms with Crippen LogP contribution in [0.15, 0.2) is 33.9 Å². The van der Waals surface area contributed by atoms with E-state index in [2.05, 4.69) is 4.72 Å². The van der Waals surface area contributed by atoms with Crippen molar-refractivity contribution in [3.8, 4) is 0 Å². The molecule has 0 amide bonds. The average Bonchev–Trinajstić information content (AvgIpc) is 2.84. The quantitative estimate of drug-likeness (QED) is 0.911. The molecule has 0 spiro atoms. The van der Waals surface area contributed by atoms with Gasteiger partial charge in [0.1, 0.15) is 0 Å². The molecular weight excluding hydrogens is 280 g/mol. The van der Waals surface area contributed by atoms with Crippen LogP contribution in [0.5, 0.6) is 0 Å². The summed E-state index contributed by atoms with van der Waals surface area (Å²) in [7, 11) is -3.57. The van der Waals surface area contributed by atoms with Crippen molar-refractivity contribution >= 4 is 27.0 Å². The molecule has 0 bridgehead atoms. The van der Waals surface area contributed by atoms with Gasteiger partial charge in [-0.15, -0.1) is 0 Å². The maximum atomic E-state index is 12.4. The van der Waals surface area contributed by atoms with Gasteiger partial charge >= 0.3 is 0 Å². The predicted octanol–water partition coefficient (Wildman–Crippen LogP) is 2.62. The first-order valence-electron chi connectivity index (χ1n) is 5.79. The van der Waals surface area contributed by atoms with Crippen LogP contribution in [0.25, 0.3) is 0 Å². The highest BCUT2D eigenvalue weighted by atomic mass is 32.2. The molecule has 0 fully saturated rings. The summed E-state index contributed by atoms with van der Waals surface area (Å²) >= 11 is 1.44. The molecule has 0 saturated heterocycles. The zero-order chi connectivity index (χ0) is 14.0. The number of nitrogens with two attached hydrogens (primary N) is 1. The molecule has 0 aliphatic carbocycles. The number of hydrogen-bond donors (Lipinski definition) is 2. The number of sulfonamides is 1. The van der Waals surface area contributed by atoms with Gasteiger partial charge in [0.2, 0.25) is 0 Å². The topological polar surface area (TPSA) is 72.2 Å². The number of thiophene rings is 1. The molecule has 102 valence electrons. The van der Waals surface area contributed by atoms with Crippen molar-refractivity contribution < 1.29 is 8.42 Å². The second kappa shape index (κ2) is 5.32. The van der Waals surface area contributed by atoms with Crippen LogP contribution in [-0.4, -0.2) is 8.42 Å². The summed E-state index contributed by atoms with van der Waals surface area (Å²) in [6, 6.07) is 5.28. The average molecular weight is 296 g/mol. The van der Waals surface area contributed by atoms with Crippen molar-refractivity contribution in [1.82, 2.24) is 0 Å². The van der Waals surface area contributed by atoms with E-state index in [0.717, 1.165) is 16.7 Å². The summed E-state index contributed by atoms with van der Waals surface area (Å²) in [4.78, 5) is 0.291. The Morgan fingerprint density at radius 3 is 2.63 bits per heavy atom. The molecule has 19 heavy (non-hydrogen) atoms. The maximum Gasteiger partial charge on any atom is 0.262 e. The molecule has 0 radical (unpaired) electrons. The van der Waals surface area contributed by atoms with E-state index in [4.69, 9.17) is 5.73 Å². The van der Waals surface area contributed by atoms with Gasteiger partial charge in [0, 0.05) is 11.9 Å². The van der Waals surface area contributed by atoms with Crippen molar-refractivity contribution in [3.63, 3.8) is 0 Å². The van der Waals surface area contributed by atoms with Crippen LogP contribution in [0.3, 0.4) is 0 Å². The van der Waals surface area contributed by atoms with E-state index in [9.17, 15) is 8.42 Å². The molecule has 0 atom stereocenters. The largest absolute Gasteiger partial charge is 0.326 e. The first-order valence-corrected chi connectivity index (χ1v) is 8.22. The molecule has 0 aliphatic heterocycles. The fraction of sp³-hybridized carbons (Fsp3) is 0.231. The molecule has 0 unspecified atom stereocenters. The summed E-state index contributed by atoms with van der Waals surface area (Å²) in [5.41, 5.74) is 8.68. The Bertz CT molecular complexity index is 677. The maximum absolute atomic E-state index is 12.4. The number of rotatable bonds is 4. The van der Waals surface area contributed by atoms with Gasteiger partial charge in [0.25, 0.3) is 10.0 Å². The number of benzene rings is 1. The van der Waals surface area contributed by atoms with Crippen LogP contribution in [0.2, 0.25) is 0 Å². The molecule has 2 aromatic rings. The van der Waals surface area contributed by atoms with Crippen LogP contribution in [-0.2, 0) is 16.6 Å². The molecule has 1 aromatic carbocycles. The normalized spacial score (nSPS) is 11.5. The lowest BCUT2D eigenvalue weighted by Crippen LogP contribution is -2.15. The van der Waals surface area contributed by atoms with Crippen molar-refractivity contribution in [1.29, 1.82) is 0 Å². The van der Waals surface area contributed by atoms with Crippen LogP contribution >= 0.6 is 11.3 Å². The Morgan fingerprint density at radius 1 is 1.32 bits per heavy atom. The summed E-state index contributed by atoms with van der Waals surface area (Å²) in [5.74, 6) is 0. The second-order valence-corrected chi connectivity index (χ2v) is 6.79. The molecule has 0 aliphatic rings. The molecule has 4 nitrogen and oxygen atoms in total. The van der Waals surface area contributed by atoms with Crippen molar-refractivity contribution in [2.75, 3.05) is 4.72 Å². The van der Waals surface area contributed by atoms with E-state index < -0.39 is 10.0 Å². The molecular formula is C13H16N2O2S2. The smallest absolute Gasteiger partial charge is 0.262 e. The SMILES string of the molecule is Cc1cc(CN)cc(S(=O)(=O)Nc2ccsc2)c1C. The minimum absolute atomic E-state index is 0.291. The molecule has 6 heteroatoms. The molecule has 2 rings (SSSR count). The second-order valence-electron chi connectivity index (χ2n) is 4.36. The van der Waals surface area contributed by atoms with Crippen molar-refractivity contribution in [2.45, 2.75) is 25.3 Å². The lowest BCUT2D eigenvalue weighted by Gasteiger charge is -2.13. The zero-order valence-corrected chi connectivity index (χ0v) is 12.4. The van der Waals surface area contributed by atoms with E-state index in [1.165, 1.54) is 11.3 Å². The van der Waals surface area contributed by atoms with Gasteiger partial charge < -0.3 is 5.73 Å². The van der Waals surface area contributed by atoms with Crippen molar-refractivity contribution in [2.24, 2.45) is 5.73 Å². The van der Waals surface area contributed by atoms with E-state index in [1.807, 2.05) is 18.4 Å². The summed E-state index contributed by atoms with van der Waals surface area (Å²) in [6.07, 6.45) is 0. The van der Waals surface area contributed by atoms with E-state index in [0.29, 0.717) is 17.1 Å². The fourth-order valence-corrected chi connectivity index (χ4v) is 3.91. The molecule has 1 aromatic heterocycles. The van der Waals surface area contributed by atoms with Crippen LogP contribution in [0.4, 0.5) is 5.69 Å². The minimum atomic E-state index is -3.57. The van der Waals surface area contributed by atoms with Crippen molar-refractivity contribution in [3.05, 3.63) is 45.6 Å². The van der Waals surface area contributed by atoms with E-state index in [1.54, 1.807) is 24.4 Å². The standard InChI is InChI=1S/C13H16N2O2S2/c1-9-5-11(7-14)6-13(10(9)2)19(16,17)15-12-3-4-18-8-12/h3-6,8,15H,7,14H2,1-2H3. The van der Waals surface area contributed by atoms with Crippen LogP contribution < -0.4 is 10.5 Å². The van der Waals surface area contributed by atoms with Gasteiger partial charge in [0.15, 0.2) is 0 Å². The first kappa shape index (κ1) is 14.0. The van der Waals surface area contributed by atoms with Gasteiger partial charge in [-0.1, -0.05) is 6.07 Å². The third kappa shape index (κ3) is 2.97.